The van der Waals surface area contributed by atoms with Gasteiger partial charge in [0.2, 0.25) is 5.91 Å². The molecule has 0 atom stereocenters. The lowest BCUT2D eigenvalue weighted by Gasteiger charge is -2.34. The maximum Gasteiger partial charge on any atom is 0.255 e. The van der Waals surface area contributed by atoms with Crippen LogP contribution < -0.4 is 5.32 Å². The summed E-state index contributed by atoms with van der Waals surface area (Å²) in [6.45, 7) is 3.04. The lowest BCUT2D eigenvalue weighted by molar-refractivity contribution is -0.116. The van der Waals surface area contributed by atoms with E-state index in [0.717, 1.165) is 22.5 Å². The zero-order valence-corrected chi connectivity index (χ0v) is 17.7. The van der Waals surface area contributed by atoms with Crippen molar-refractivity contribution in [1.29, 1.82) is 0 Å². The summed E-state index contributed by atoms with van der Waals surface area (Å²) >= 11 is 6.02. The Labute approximate surface area is 185 Å². The SMILES string of the molecule is O=C(CCN1CCN(C(=O)c2ccc(F)cc2Cl)CC1)Nc1cccc2ccccc12. The van der Waals surface area contributed by atoms with Crippen LogP contribution in [-0.2, 0) is 4.79 Å². The van der Waals surface area contributed by atoms with Crippen molar-refractivity contribution in [3.05, 3.63) is 77.1 Å². The zero-order chi connectivity index (χ0) is 21.8. The normalized spacial score (nSPS) is 14.6. The van der Waals surface area contributed by atoms with Crippen LogP contribution in [0, 0.1) is 5.82 Å². The van der Waals surface area contributed by atoms with Crippen LogP contribution >= 0.6 is 11.6 Å². The molecule has 1 N–H and O–H groups in total. The summed E-state index contributed by atoms with van der Waals surface area (Å²) < 4.78 is 13.2. The van der Waals surface area contributed by atoms with Crippen LogP contribution in [0.25, 0.3) is 10.8 Å². The molecule has 1 aliphatic heterocycles. The number of nitrogens with zero attached hydrogens (tertiary/aromatic N) is 2. The Balaban J connectivity index is 1.27. The fourth-order valence-electron chi connectivity index (χ4n) is 3.81. The van der Waals surface area contributed by atoms with Gasteiger partial charge in [0.15, 0.2) is 0 Å². The van der Waals surface area contributed by atoms with E-state index in [1.54, 1.807) is 4.90 Å². The first kappa shape index (κ1) is 21.3. The predicted octanol–water partition coefficient (Wildman–Crippen LogP) is 4.42. The number of piperazine rings is 1. The third-order valence-corrected chi connectivity index (χ3v) is 5.85. The molecule has 7 heteroatoms. The van der Waals surface area contributed by atoms with E-state index < -0.39 is 5.82 Å². The summed E-state index contributed by atoms with van der Waals surface area (Å²) in [5.41, 5.74) is 1.13. The van der Waals surface area contributed by atoms with Gasteiger partial charge in [-0.2, -0.15) is 0 Å². The highest BCUT2D eigenvalue weighted by Gasteiger charge is 2.24. The molecule has 160 valence electrons. The van der Waals surface area contributed by atoms with Gasteiger partial charge in [-0.3, -0.25) is 14.5 Å². The molecule has 0 saturated carbocycles. The summed E-state index contributed by atoms with van der Waals surface area (Å²) in [5, 5.41) is 5.24. The Hall–Kier alpha value is -2.96. The number of rotatable bonds is 5. The number of amides is 2. The molecule has 3 aromatic carbocycles. The Bertz CT molecular complexity index is 1110. The average molecular weight is 440 g/mol. The van der Waals surface area contributed by atoms with E-state index >= 15 is 0 Å². The van der Waals surface area contributed by atoms with Gasteiger partial charge < -0.3 is 10.2 Å². The molecule has 3 aromatic rings. The Morgan fingerprint density at radius 2 is 1.71 bits per heavy atom. The molecular formula is C24H23ClFN3O2. The third-order valence-electron chi connectivity index (χ3n) is 5.54. The highest BCUT2D eigenvalue weighted by molar-refractivity contribution is 6.33. The van der Waals surface area contributed by atoms with E-state index in [4.69, 9.17) is 11.6 Å². The van der Waals surface area contributed by atoms with E-state index in [-0.39, 0.29) is 16.8 Å². The minimum atomic E-state index is -0.465. The quantitative estimate of drug-likeness (QED) is 0.640. The molecule has 5 nitrogen and oxygen atoms in total. The van der Waals surface area contributed by atoms with Crippen molar-refractivity contribution in [2.24, 2.45) is 0 Å². The van der Waals surface area contributed by atoms with E-state index in [9.17, 15) is 14.0 Å². The maximum absolute atomic E-state index is 13.2. The first-order valence-corrected chi connectivity index (χ1v) is 10.6. The molecule has 0 radical (unpaired) electrons. The summed E-state index contributed by atoms with van der Waals surface area (Å²) in [6.07, 6.45) is 0.376. The van der Waals surface area contributed by atoms with Crippen molar-refractivity contribution in [1.82, 2.24) is 9.80 Å². The van der Waals surface area contributed by atoms with Gasteiger partial charge in [0, 0.05) is 50.2 Å². The number of fused-ring (bicyclic) bond motifs is 1. The van der Waals surface area contributed by atoms with Gasteiger partial charge in [-0.15, -0.1) is 0 Å². The van der Waals surface area contributed by atoms with Gasteiger partial charge in [0.1, 0.15) is 5.82 Å². The highest BCUT2D eigenvalue weighted by Crippen LogP contribution is 2.23. The number of hydrogen-bond acceptors (Lipinski definition) is 3. The molecule has 0 aromatic heterocycles. The topological polar surface area (TPSA) is 52.7 Å². The van der Waals surface area contributed by atoms with E-state index in [1.165, 1.54) is 12.1 Å². The number of hydrogen-bond donors (Lipinski definition) is 1. The highest BCUT2D eigenvalue weighted by atomic mass is 35.5. The first-order valence-electron chi connectivity index (χ1n) is 10.3. The zero-order valence-electron chi connectivity index (χ0n) is 17.0. The fraction of sp³-hybridized carbons (Fsp3) is 0.250. The van der Waals surface area contributed by atoms with E-state index in [1.807, 2.05) is 42.5 Å². The minimum absolute atomic E-state index is 0.0343. The molecule has 0 aliphatic carbocycles. The molecule has 0 bridgehead atoms. The van der Waals surface area contributed by atoms with Crippen molar-refractivity contribution in [2.75, 3.05) is 38.0 Å². The van der Waals surface area contributed by atoms with Crippen LogP contribution in [0.15, 0.2) is 60.7 Å². The third kappa shape index (κ3) is 5.03. The lowest BCUT2D eigenvalue weighted by Crippen LogP contribution is -2.49. The summed E-state index contributed by atoms with van der Waals surface area (Å²) in [5.74, 6) is -0.695. The van der Waals surface area contributed by atoms with Crippen molar-refractivity contribution < 1.29 is 14.0 Å². The van der Waals surface area contributed by atoms with Gasteiger partial charge >= 0.3 is 0 Å². The van der Waals surface area contributed by atoms with Crippen LogP contribution in [-0.4, -0.2) is 54.3 Å². The van der Waals surface area contributed by atoms with Crippen LogP contribution in [0.3, 0.4) is 0 Å². The number of carbonyl (C=O) groups is 2. The molecule has 1 heterocycles. The van der Waals surface area contributed by atoms with Crippen LogP contribution in [0.1, 0.15) is 16.8 Å². The molecule has 2 amide bonds. The number of carbonyl (C=O) groups excluding carboxylic acids is 2. The van der Waals surface area contributed by atoms with Crippen molar-refractivity contribution in [2.45, 2.75) is 6.42 Å². The van der Waals surface area contributed by atoms with E-state index in [0.29, 0.717) is 44.7 Å². The molecule has 1 fully saturated rings. The number of halogens is 2. The average Bonchev–Trinajstić information content (AvgIpc) is 2.78. The minimum Gasteiger partial charge on any atom is -0.336 e. The standard InChI is InChI=1S/C24H23ClFN3O2/c25-21-16-18(26)8-9-20(21)24(31)29-14-12-28(13-15-29)11-10-23(30)27-22-7-3-5-17-4-1-2-6-19(17)22/h1-9,16H,10-15H2,(H,27,30). The number of nitrogens with one attached hydrogen (secondary N) is 1. The van der Waals surface area contributed by atoms with E-state index in [2.05, 4.69) is 10.2 Å². The Morgan fingerprint density at radius 3 is 2.48 bits per heavy atom. The lowest BCUT2D eigenvalue weighted by atomic mass is 10.1. The van der Waals surface area contributed by atoms with Crippen LogP contribution in [0.2, 0.25) is 5.02 Å². The second kappa shape index (κ2) is 9.45. The van der Waals surface area contributed by atoms with Gasteiger partial charge in [0.25, 0.3) is 5.91 Å². The number of benzene rings is 3. The Morgan fingerprint density at radius 1 is 0.968 bits per heavy atom. The monoisotopic (exact) mass is 439 g/mol. The largest absolute Gasteiger partial charge is 0.336 e. The summed E-state index contributed by atoms with van der Waals surface area (Å²) in [7, 11) is 0. The van der Waals surface area contributed by atoms with Gasteiger partial charge in [-0.05, 0) is 29.7 Å². The maximum atomic E-state index is 13.2. The molecule has 0 unspecified atom stereocenters. The smallest absolute Gasteiger partial charge is 0.255 e. The van der Waals surface area contributed by atoms with Crippen molar-refractivity contribution in [3.63, 3.8) is 0 Å². The van der Waals surface area contributed by atoms with Gasteiger partial charge in [0.05, 0.1) is 10.6 Å². The van der Waals surface area contributed by atoms with Gasteiger partial charge in [-0.25, -0.2) is 4.39 Å². The van der Waals surface area contributed by atoms with Crippen LogP contribution in [0.5, 0.6) is 0 Å². The van der Waals surface area contributed by atoms with Crippen LogP contribution in [0.4, 0.5) is 10.1 Å². The summed E-state index contributed by atoms with van der Waals surface area (Å²) in [4.78, 5) is 29.0. The Kier molecular flexibility index (Phi) is 6.49. The van der Waals surface area contributed by atoms with Crippen molar-refractivity contribution in [3.8, 4) is 0 Å². The molecule has 0 spiro atoms. The molecule has 4 rings (SSSR count). The second-order valence-corrected chi connectivity index (χ2v) is 7.99. The molecule has 1 aliphatic rings. The molecule has 31 heavy (non-hydrogen) atoms. The number of anilines is 1. The summed E-state index contributed by atoms with van der Waals surface area (Å²) in [6, 6.07) is 17.6. The predicted molar refractivity (Wildman–Crippen MR) is 121 cm³/mol. The van der Waals surface area contributed by atoms with Gasteiger partial charge in [-0.1, -0.05) is 48.0 Å². The molecule has 1 saturated heterocycles. The van der Waals surface area contributed by atoms with Crippen molar-refractivity contribution >= 4 is 39.9 Å². The second-order valence-electron chi connectivity index (χ2n) is 7.58. The first-order chi connectivity index (χ1) is 15.0. The fourth-order valence-corrected chi connectivity index (χ4v) is 4.06. The molecular weight excluding hydrogens is 417 g/mol.